The van der Waals surface area contributed by atoms with Crippen LogP contribution in [0.3, 0.4) is 0 Å². The largest absolute Gasteiger partial charge is 0.338 e. The molecule has 0 radical (unpaired) electrons. The van der Waals surface area contributed by atoms with Gasteiger partial charge >= 0.3 is 11.8 Å². The number of rotatable bonds is 0. The van der Waals surface area contributed by atoms with Gasteiger partial charge in [0, 0.05) is 9.99 Å². The lowest BCUT2D eigenvalue weighted by atomic mass is 9.85. The molecule has 0 bridgehead atoms. The molecule has 1 aromatic rings. The third kappa shape index (κ3) is 1.61. The van der Waals surface area contributed by atoms with Gasteiger partial charge in [-0.1, -0.05) is 0 Å². The van der Waals surface area contributed by atoms with Gasteiger partial charge in [0.1, 0.15) is 5.82 Å². The average Bonchev–Trinajstić information content (AvgIpc) is 2.11. The molecule has 0 N–H and O–H groups in total. The molecule has 0 atom stereocenters. The molecule has 16 heavy (non-hydrogen) atoms. The first-order valence-corrected chi connectivity index (χ1v) is 5.57. The second-order valence-corrected chi connectivity index (χ2v) is 4.95. The maximum absolute atomic E-state index is 13.4. The van der Waals surface area contributed by atoms with Gasteiger partial charge in [-0.05, 0) is 46.7 Å². The highest BCUT2D eigenvalue weighted by atomic mass is 127. The molecule has 0 saturated heterocycles. The Labute approximate surface area is 102 Å². The standard InChI is InChI=1S/C10H6F5I/c11-7-4-6(16)3-5-1-2-9(12,13)10(14,15)8(5)7/h3-4H,1-2H2. The molecule has 0 amide bonds. The zero-order valence-electron chi connectivity index (χ0n) is 7.84. The van der Waals surface area contributed by atoms with Crippen LogP contribution in [-0.4, -0.2) is 5.92 Å². The molecule has 0 unspecified atom stereocenters. The molecular formula is C10H6F5I. The predicted octanol–water partition coefficient (Wildman–Crippen LogP) is 4.10. The fraction of sp³-hybridized carbons (Fsp3) is 0.400. The summed E-state index contributed by atoms with van der Waals surface area (Å²) in [4.78, 5) is 0. The fourth-order valence-corrected chi connectivity index (χ4v) is 2.46. The molecule has 2 rings (SSSR count). The Morgan fingerprint density at radius 1 is 1.12 bits per heavy atom. The number of hydrogen-bond donors (Lipinski definition) is 0. The van der Waals surface area contributed by atoms with Crippen molar-refractivity contribution >= 4 is 22.6 Å². The highest BCUT2D eigenvalue weighted by Gasteiger charge is 2.61. The Kier molecular flexibility index (Phi) is 2.67. The van der Waals surface area contributed by atoms with Crippen LogP contribution in [0.2, 0.25) is 0 Å². The van der Waals surface area contributed by atoms with Crippen LogP contribution >= 0.6 is 22.6 Å². The number of alkyl halides is 4. The number of aryl methyl sites for hydroxylation is 1. The van der Waals surface area contributed by atoms with Gasteiger partial charge in [0.05, 0.1) is 5.56 Å². The van der Waals surface area contributed by atoms with Gasteiger partial charge in [0.15, 0.2) is 0 Å². The van der Waals surface area contributed by atoms with E-state index in [1.54, 1.807) is 22.6 Å². The summed E-state index contributed by atoms with van der Waals surface area (Å²) in [6.07, 6.45) is -1.18. The molecule has 0 saturated carbocycles. The van der Waals surface area contributed by atoms with E-state index >= 15 is 0 Å². The minimum Gasteiger partial charge on any atom is -0.206 e. The molecule has 0 aromatic heterocycles. The average molecular weight is 348 g/mol. The van der Waals surface area contributed by atoms with Crippen LogP contribution < -0.4 is 0 Å². The smallest absolute Gasteiger partial charge is 0.206 e. The van der Waals surface area contributed by atoms with Crippen LogP contribution in [0, 0.1) is 9.39 Å². The molecule has 1 aliphatic rings. The summed E-state index contributed by atoms with van der Waals surface area (Å²) in [5.74, 6) is -9.85. The van der Waals surface area contributed by atoms with E-state index in [0.717, 1.165) is 6.07 Å². The van der Waals surface area contributed by atoms with E-state index in [-0.39, 0.29) is 12.0 Å². The molecule has 0 spiro atoms. The summed E-state index contributed by atoms with van der Waals surface area (Å²) in [6.45, 7) is 0. The summed E-state index contributed by atoms with van der Waals surface area (Å²) in [7, 11) is 0. The number of halogens is 6. The lowest BCUT2D eigenvalue weighted by Crippen LogP contribution is -2.43. The van der Waals surface area contributed by atoms with Crippen LogP contribution in [0.25, 0.3) is 0 Å². The monoisotopic (exact) mass is 348 g/mol. The number of hydrogen-bond acceptors (Lipinski definition) is 0. The van der Waals surface area contributed by atoms with Gasteiger partial charge in [-0.15, -0.1) is 0 Å². The third-order valence-electron chi connectivity index (χ3n) is 2.62. The van der Waals surface area contributed by atoms with E-state index in [4.69, 9.17) is 0 Å². The zero-order valence-corrected chi connectivity index (χ0v) is 9.99. The topological polar surface area (TPSA) is 0 Å². The molecule has 0 aliphatic heterocycles. The van der Waals surface area contributed by atoms with Crippen LogP contribution in [0.4, 0.5) is 22.0 Å². The van der Waals surface area contributed by atoms with Gasteiger partial charge in [-0.2, -0.15) is 17.6 Å². The maximum Gasteiger partial charge on any atom is 0.338 e. The molecule has 1 aromatic carbocycles. The second kappa shape index (κ2) is 3.54. The molecule has 0 fully saturated rings. The van der Waals surface area contributed by atoms with Crippen molar-refractivity contribution < 1.29 is 22.0 Å². The van der Waals surface area contributed by atoms with Crippen molar-refractivity contribution in [3.8, 4) is 0 Å². The summed E-state index contributed by atoms with van der Waals surface area (Å²) in [6, 6.07) is 2.16. The Morgan fingerprint density at radius 3 is 2.38 bits per heavy atom. The van der Waals surface area contributed by atoms with Crippen molar-refractivity contribution in [1.29, 1.82) is 0 Å². The maximum atomic E-state index is 13.4. The van der Waals surface area contributed by atoms with E-state index in [9.17, 15) is 22.0 Å². The van der Waals surface area contributed by atoms with Crippen molar-refractivity contribution in [2.24, 2.45) is 0 Å². The Hall–Kier alpha value is -0.400. The van der Waals surface area contributed by atoms with Gasteiger partial charge in [0.2, 0.25) is 0 Å². The first kappa shape index (κ1) is 12.1. The Morgan fingerprint density at radius 2 is 1.75 bits per heavy atom. The van der Waals surface area contributed by atoms with Crippen LogP contribution in [0.15, 0.2) is 12.1 Å². The van der Waals surface area contributed by atoms with Crippen molar-refractivity contribution in [3.05, 3.63) is 32.6 Å². The van der Waals surface area contributed by atoms with Gasteiger partial charge in [-0.25, -0.2) is 4.39 Å². The van der Waals surface area contributed by atoms with Crippen LogP contribution in [0.5, 0.6) is 0 Å². The summed E-state index contributed by atoms with van der Waals surface area (Å²) in [5.41, 5.74) is -1.18. The number of benzene rings is 1. The summed E-state index contributed by atoms with van der Waals surface area (Å²) < 4.78 is 66.6. The summed E-state index contributed by atoms with van der Waals surface area (Å²) in [5, 5.41) is 0. The van der Waals surface area contributed by atoms with E-state index < -0.39 is 29.6 Å². The van der Waals surface area contributed by atoms with Crippen LogP contribution in [-0.2, 0) is 12.3 Å². The predicted molar refractivity (Wildman–Crippen MR) is 56.3 cm³/mol. The SMILES string of the molecule is Fc1cc(I)cc2c1C(F)(F)C(F)(F)CC2. The minimum atomic E-state index is -4.42. The van der Waals surface area contributed by atoms with Crippen molar-refractivity contribution in [2.75, 3.05) is 0 Å². The van der Waals surface area contributed by atoms with Gasteiger partial charge in [-0.3, -0.25) is 0 Å². The Bertz CT molecular complexity index is 441. The normalized spacial score (nSPS) is 21.6. The summed E-state index contributed by atoms with van der Waals surface area (Å²) >= 11 is 1.76. The molecular weight excluding hydrogens is 342 g/mol. The molecule has 6 heteroatoms. The number of fused-ring (bicyclic) bond motifs is 1. The van der Waals surface area contributed by atoms with Crippen molar-refractivity contribution in [1.82, 2.24) is 0 Å². The lowest BCUT2D eigenvalue weighted by molar-refractivity contribution is -0.226. The second-order valence-electron chi connectivity index (χ2n) is 3.70. The van der Waals surface area contributed by atoms with E-state index in [1.165, 1.54) is 6.07 Å². The first-order valence-electron chi connectivity index (χ1n) is 4.50. The van der Waals surface area contributed by atoms with Gasteiger partial charge in [0.25, 0.3) is 0 Å². The molecule has 0 heterocycles. The fourth-order valence-electron chi connectivity index (χ4n) is 1.81. The first-order chi connectivity index (χ1) is 7.25. The third-order valence-corrected chi connectivity index (χ3v) is 3.24. The zero-order chi connectivity index (χ0) is 12.1. The molecule has 1 aliphatic carbocycles. The molecule has 88 valence electrons. The molecule has 0 nitrogen and oxygen atoms in total. The van der Waals surface area contributed by atoms with E-state index in [1.807, 2.05) is 0 Å². The Balaban J connectivity index is 2.68. The van der Waals surface area contributed by atoms with Gasteiger partial charge < -0.3 is 0 Å². The highest BCUT2D eigenvalue weighted by Crippen LogP contribution is 2.51. The van der Waals surface area contributed by atoms with Crippen LogP contribution in [0.1, 0.15) is 17.5 Å². The minimum absolute atomic E-state index is 0.0275. The lowest BCUT2D eigenvalue weighted by Gasteiger charge is -2.33. The quantitative estimate of drug-likeness (QED) is 0.489. The highest BCUT2D eigenvalue weighted by molar-refractivity contribution is 14.1. The van der Waals surface area contributed by atoms with E-state index in [2.05, 4.69) is 0 Å². The van der Waals surface area contributed by atoms with Crippen molar-refractivity contribution in [2.45, 2.75) is 24.7 Å². The van der Waals surface area contributed by atoms with E-state index in [0.29, 0.717) is 3.57 Å². The van der Waals surface area contributed by atoms with Crippen molar-refractivity contribution in [3.63, 3.8) is 0 Å².